The molecule has 0 aliphatic carbocycles. The van der Waals surface area contributed by atoms with Crippen LogP contribution in [-0.4, -0.2) is 41.5 Å². The summed E-state index contributed by atoms with van der Waals surface area (Å²) in [7, 11) is 0. The number of hydrogen-bond donors (Lipinski definition) is 0. The Hall–Kier alpha value is -1.22. The van der Waals surface area contributed by atoms with Crippen molar-refractivity contribution in [1.82, 2.24) is 4.90 Å². The molecule has 1 aliphatic heterocycles. The van der Waals surface area contributed by atoms with Crippen molar-refractivity contribution in [2.45, 2.75) is 25.9 Å². The second kappa shape index (κ2) is 7.17. The number of non-ortho nitro benzene ring substituents is 1. The molecule has 0 atom stereocenters. The van der Waals surface area contributed by atoms with Gasteiger partial charge in [0.2, 0.25) is 0 Å². The number of nitrogens with zero attached hydrogens (tertiary/aromatic N) is 2. The number of ether oxygens (including phenoxy) is 1. The largest absolute Gasteiger partial charge is 0.378 e. The SMILES string of the molecule is CCOC1CCN(C(=O)c2cc([N+](=O)[O-])ccc2I)CC1. The number of carbonyl (C=O) groups is 1. The second-order valence-corrected chi connectivity index (χ2v) is 6.03. The number of nitro groups is 1. The summed E-state index contributed by atoms with van der Waals surface area (Å²) in [5.41, 5.74) is 0.350. The average molecular weight is 404 g/mol. The van der Waals surface area contributed by atoms with Gasteiger partial charge >= 0.3 is 0 Å². The van der Waals surface area contributed by atoms with Gasteiger partial charge in [-0.25, -0.2) is 0 Å². The van der Waals surface area contributed by atoms with Gasteiger partial charge in [0.25, 0.3) is 11.6 Å². The van der Waals surface area contributed by atoms with Crippen LogP contribution in [0.2, 0.25) is 0 Å². The first-order chi connectivity index (χ1) is 10.0. The zero-order valence-electron chi connectivity index (χ0n) is 11.8. The minimum Gasteiger partial charge on any atom is -0.378 e. The van der Waals surface area contributed by atoms with E-state index in [0.717, 1.165) is 16.4 Å². The summed E-state index contributed by atoms with van der Waals surface area (Å²) >= 11 is 2.03. The molecule has 1 amide bonds. The van der Waals surface area contributed by atoms with Gasteiger partial charge in [0.1, 0.15) is 0 Å². The van der Waals surface area contributed by atoms with Crippen LogP contribution in [0.15, 0.2) is 18.2 Å². The van der Waals surface area contributed by atoms with Gasteiger partial charge in [-0.05, 0) is 48.4 Å². The Bertz CT molecular complexity index is 542. The lowest BCUT2D eigenvalue weighted by Gasteiger charge is -2.32. The van der Waals surface area contributed by atoms with E-state index >= 15 is 0 Å². The average Bonchev–Trinajstić information content (AvgIpc) is 2.48. The molecule has 21 heavy (non-hydrogen) atoms. The molecular weight excluding hydrogens is 387 g/mol. The molecule has 0 spiro atoms. The third-order valence-electron chi connectivity index (χ3n) is 3.52. The Morgan fingerprint density at radius 2 is 2.14 bits per heavy atom. The Balaban J connectivity index is 2.10. The van der Waals surface area contributed by atoms with Crippen LogP contribution in [0, 0.1) is 13.7 Å². The number of amides is 1. The third kappa shape index (κ3) is 3.91. The molecule has 0 radical (unpaired) electrons. The van der Waals surface area contributed by atoms with Crippen molar-refractivity contribution in [2.24, 2.45) is 0 Å². The van der Waals surface area contributed by atoms with Crippen LogP contribution in [0.4, 0.5) is 5.69 Å². The highest BCUT2D eigenvalue weighted by Crippen LogP contribution is 2.23. The molecule has 1 saturated heterocycles. The Kier molecular flexibility index (Phi) is 5.51. The maximum atomic E-state index is 12.5. The van der Waals surface area contributed by atoms with Crippen LogP contribution in [0.3, 0.4) is 0 Å². The van der Waals surface area contributed by atoms with E-state index in [0.29, 0.717) is 25.3 Å². The second-order valence-electron chi connectivity index (χ2n) is 4.87. The topological polar surface area (TPSA) is 72.7 Å². The quantitative estimate of drug-likeness (QED) is 0.440. The van der Waals surface area contributed by atoms with Crippen LogP contribution in [0.25, 0.3) is 0 Å². The van der Waals surface area contributed by atoms with Crippen molar-refractivity contribution in [1.29, 1.82) is 0 Å². The molecule has 6 nitrogen and oxygen atoms in total. The number of piperidine rings is 1. The maximum absolute atomic E-state index is 12.5. The van der Waals surface area contributed by atoms with E-state index in [1.165, 1.54) is 12.1 Å². The Morgan fingerprint density at radius 3 is 2.71 bits per heavy atom. The fourth-order valence-electron chi connectivity index (χ4n) is 2.42. The van der Waals surface area contributed by atoms with Crippen LogP contribution < -0.4 is 0 Å². The van der Waals surface area contributed by atoms with E-state index in [1.54, 1.807) is 11.0 Å². The monoisotopic (exact) mass is 404 g/mol. The molecule has 0 N–H and O–H groups in total. The number of halogens is 1. The number of hydrogen-bond acceptors (Lipinski definition) is 4. The fourth-order valence-corrected chi connectivity index (χ4v) is 2.99. The van der Waals surface area contributed by atoms with Crippen molar-refractivity contribution in [3.63, 3.8) is 0 Å². The predicted octanol–water partition coefficient (Wildman–Crippen LogP) is 2.84. The van der Waals surface area contributed by atoms with E-state index in [-0.39, 0.29) is 17.7 Å². The highest BCUT2D eigenvalue weighted by atomic mass is 127. The third-order valence-corrected chi connectivity index (χ3v) is 4.46. The lowest BCUT2D eigenvalue weighted by Crippen LogP contribution is -2.41. The summed E-state index contributed by atoms with van der Waals surface area (Å²) in [4.78, 5) is 24.6. The van der Waals surface area contributed by atoms with Gasteiger partial charge in [-0.3, -0.25) is 14.9 Å². The summed E-state index contributed by atoms with van der Waals surface area (Å²) in [6.45, 7) is 3.90. The van der Waals surface area contributed by atoms with Gasteiger partial charge in [-0.2, -0.15) is 0 Å². The van der Waals surface area contributed by atoms with Crippen LogP contribution in [0.5, 0.6) is 0 Å². The molecule has 7 heteroatoms. The molecule has 0 unspecified atom stereocenters. The lowest BCUT2D eigenvalue weighted by molar-refractivity contribution is -0.384. The molecular formula is C14H17IN2O4. The summed E-state index contributed by atoms with van der Waals surface area (Å²) in [5.74, 6) is -0.141. The van der Waals surface area contributed by atoms with Crippen molar-refractivity contribution in [3.05, 3.63) is 37.4 Å². The molecule has 0 aromatic heterocycles. The van der Waals surface area contributed by atoms with Crippen LogP contribution >= 0.6 is 22.6 Å². The van der Waals surface area contributed by atoms with E-state index in [1.807, 2.05) is 29.5 Å². The normalized spacial score (nSPS) is 16.0. The van der Waals surface area contributed by atoms with Gasteiger partial charge in [-0.15, -0.1) is 0 Å². The lowest BCUT2D eigenvalue weighted by atomic mass is 10.1. The first-order valence-corrected chi connectivity index (χ1v) is 7.95. The Morgan fingerprint density at radius 1 is 1.48 bits per heavy atom. The van der Waals surface area contributed by atoms with Gasteiger partial charge in [0.15, 0.2) is 0 Å². The van der Waals surface area contributed by atoms with Crippen molar-refractivity contribution in [3.8, 4) is 0 Å². The number of rotatable bonds is 4. The van der Waals surface area contributed by atoms with Gasteiger partial charge in [-0.1, -0.05) is 0 Å². The summed E-state index contributed by atoms with van der Waals surface area (Å²) in [6, 6.07) is 4.39. The molecule has 1 fully saturated rings. The molecule has 114 valence electrons. The van der Waals surface area contributed by atoms with E-state index in [4.69, 9.17) is 4.74 Å². The van der Waals surface area contributed by atoms with Crippen molar-refractivity contribution in [2.75, 3.05) is 19.7 Å². The summed E-state index contributed by atoms with van der Waals surface area (Å²) in [6.07, 6.45) is 1.83. The van der Waals surface area contributed by atoms with Crippen LogP contribution in [0.1, 0.15) is 30.1 Å². The summed E-state index contributed by atoms with van der Waals surface area (Å²) in [5, 5.41) is 10.8. The van der Waals surface area contributed by atoms with E-state index in [2.05, 4.69) is 0 Å². The molecule has 0 saturated carbocycles. The number of likely N-dealkylation sites (tertiary alicyclic amines) is 1. The minimum absolute atomic E-state index is 0.0528. The van der Waals surface area contributed by atoms with Crippen molar-refractivity contribution >= 4 is 34.2 Å². The molecule has 1 aliphatic rings. The van der Waals surface area contributed by atoms with Gasteiger partial charge in [0.05, 0.1) is 16.6 Å². The van der Waals surface area contributed by atoms with Gasteiger partial charge < -0.3 is 9.64 Å². The first-order valence-electron chi connectivity index (χ1n) is 6.87. The zero-order valence-corrected chi connectivity index (χ0v) is 13.9. The molecule has 1 aromatic carbocycles. The number of carbonyl (C=O) groups excluding carboxylic acids is 1. The van der Waals surface area contributed by atoms with E-state index in [9.17, 15) is 14.9 Å². The highest BCUT2D eigenvalue weighted by Gasteiger charge is 2.26. The van der Waals surface area contributed by atoms with E-state index < -0.39 is 4.92 Å². The maximum Gasteiger partial charge on any atom is 0.270 e. The zero-order chi connectivity index (χ0) is 15.4. The van der Waals surface area contributed by atoms with Gasteiger partial charge in [0, 0.05) is 35.4 Å². The molecule has 2 rings (SSSR count). The first kappa shape index (κ1) is 16.2. The number of benzene rings is 1. The molecule has 0 bridgehead atoms. The highest BCUT2D eigenvalue weighted by molar-refractivity contribution is 14.1. The fraction of sp³-hybridized carbons (Fsp3) is 0.500. The molecule has 1 heterocycles. The number of nitro benzene ring substituents is 1. The minimum atomic E-state index is -0.478. The van der Waals surface area contributed by atoms with Crippen LogP contribution in [-0.2, 0) is 4.74 Å². The molecule has 1 aromatic rings. The summed E-state index contributed by atoms with van der Waals surface area (Å²) < 4.78 is 6.29. The standard InChI is InChI=1S/C14H17IN2O4/c1-2-21-11-5-7-16(8-6-11)14(18)12-9-10(17(19)20)3-4-13(12)15/h3-4,9,11H,2,5-8H2,1H3. The smallest absolute Gasteiger partial charge is 0.270 e. The Labute approximate surface area is 136 Å². The predicted molar refractivity (Wildman–Crippen MR) is 86.4 cm³/mol. The van der Waals surface area contributed by atoms with Crippen molar-refractivity contribution < 1.29 is 14.5 Å².